The number of nitrogens with zero attached hydrogens (tertiary/aromatic N) is 1. The van der Waals surface area contributed by atoms with E-state index >= 15 is 0 Å². The molecular formula is C15H14ClNO2. The molecule has 2 aromatic rings. The lowest BCUT2D eigenvalue weighted by Gasteiger charge is -2.07. The second-order valence-corrected chi connectivity index (χ2v) is 5.07. The van der Waals surface area contributed by atoms with Gasteiger partial charge >= 0.3 is 5.97 Å². The SMILES string of the molecule is CC(C)c1ccc(-c2cc(Cl)cc(C(=O)O)n2)cc1. The number of aromatic nitrogens is 1. The lowest BCUT2D eigenvalue weighted by molar-refractivity contribution is 0.0690. The van der Waals surface area contributed by atoms with E-state index in [0.29, 0.717) is 16.6 Å². The molecule has 1 aromatic carbocycles. The zero-order valence-corrected chi connectivity index (χ0v) is 11.5. The number of carboxylic acids is 1. The molecule has 0 unspecified atom stereocenters. The van der Waals surface area contributed by atoms with Gasteiger partial charge in [-0.25, -0.2) is 9.78 Å². The van der Waals surface area contributed by atoms with Gasteiger partial charge in [0, 0.05) is 10.6 Å². The Morgan fingerprint density at radius 1 is 1.21 bits per heavy atom. The summed E-state index contributed by atoms with van der Waals surface area (Å²) in [4.78, 5) is 15.1. The van der Waals surface area contributed by atoms with E-state index in [1.165, 1.54) is 11.6 Å². The maximum atomic E-state index is 11.0. The molecule has 19 heavy (non-hydrogen) atoms. The Bertz CT molecular complexity index is 606. The standard InChI is InChI=1S/C15H14ClNO2/c1-9(2)10-3-5-11(6-4-10)13-7-12(16)8-14(17-13)15(18)19/h3-9H,1-2H3,(H,18,19). The topological polar surface area (TPSA) is 50.2 Å². The highest BCUT2D eigenvalue weighted by atomic mass is 35.5. The van der Waals surface area contributed by atoms with Crippen LogP contribution in [0.25, 0.3) is 11.3 Å². The molecule has 0 aliphatic rings. The summed E-state index contributed by atoms with van der Waals surface area (Å²) in [5.41, 5.74) is 2.61. The monoisotopic (exact) mass is 275 g/mol. The third-order valence-corrected chi connectivity index (χ3v) is 3.10. The molecule has 0 spiro atoms. The van der Waals surface area contributed by atoms with Crippen LogP contribution in [0.4, 0.5) is 0 Å². The third kappa shape index (κ3) is 3.12. The van der Waals surface area contributed by atoms with Crippen molar-refractivity contribution in [2.45, 2.75) is 19.8 Å². The molecule has 0 saturated carbocycles. The molecule has 3 nitrogen and oxygen atoms in total. The number of halogens is 1. The average molecular weight is 276 g/mol. The Balaban J connectivity index is 2.43. The van der Waals surface area contributed by atoms with Gasteiger partial charge in [0.1, 0.15) is 5.69 Å². The zero-order valence-electron chi connectivity index (χ0n) is 10.7. The third-order valence-electron chi connectivity index (χ3n) is 2.88. The number of hydrogen-bond acceptors (Lipinski definition) is 2. The normalized spacial score (nSPS) is 10.7. The molecular weight excluding hydrogens is 262 g/mol. The highest BCUT2D eigenvalue weighted by molar-refractivity contribution is 6.31. The predicted molar refractivity (Wildman–Crippen MR) is 75.7 cm³/mol. The number of pyridine rings is 1. The van der Waals surface area contributed by atoms with Crippen molar-refractivity contribution in [3.05, 3.63) is 52.7 Å². The van der Waals surface area contributed by atoms with E-state index in [4.69, 9.17) is 16.7 Å². The van der Waals surface area contributed by atoms with E-state index in [9.17, 15) is 4.79 Å². The summed E-state index contributed by atoms with van der Waals surface area (Å²) in [6, 6.07) is 10.9. The molecule has 1 N–H and O–H groups in total. The number of carbonyl (C=O) groups is 1. The van der Waals surface area contributed by atoms with Crippen LogP contribution >= 0.6 is 11.6 Å². The second kappa shape index (κ2) is 5.41. The number of hydrogen-bond donors (Lipinski definition) is 1. The van der Waals surface area contributed by atoms with Crippen LogP contribution in [0.5, 0.6) is 0 Å². The van der Waals surface area contributed by atoms with Crippen LogP contribution in [0, 0.1) is 0 Å². The van der Waals surface area contributed by atoms with Gasteiger partial charge in [0.25, 0.3) is 0 Å². The lowest BCUT2D eigenvalue weighted by Crippen LogP contribution is -2.01. The fraction of sp³-hybridized carbons (Fsp3) is 0.200. The van der Waals surface area contributed by atoms with Crippen LogP contribution in [0.1, 0.15) is 35.8 Å². The van der Waals surface area contributed by atoms with Gasteiger partial charge in [0.2, 0.25) is 0 Å². The maximum Gasteiger partial charge on any atom is 0.354 e. The number of rotatable bonds is 3. The molecule has 98 valence electrons. The zero-order chi connectivity index (χ0) is 14.0. The van der Waals surface area contributed by atoms with Crippen LogP contribution in [0.15, 0.2) is 36.4 Å². The molecule has 1 heterocycles. The number of benzene rings is 1. The van der Waals surface area contributed by atoms with Gasteiger partial charge in [0.15, 0.2) is 0 Å². The molecule has 0 bridgehead atoms. The average Bonchev–Trinajstić information content (AvgIpc) is 2.38. The minimum Gasteiger partial charge on any atom is -0.477 e. The van der Waals surface area contributed by atoms with Crippen molar-refractivity contribution in [1.29, 1.82) is 0 Å². The largest absolute Gasteiger partial charge is 0.477 e. The second-order valence-electron chi connectivity index (χ2n) is 4.64. The fourth-order valence-corrected chi connectivity index (χ4v) is 2.00. The van der Waals surface area contributed by atoms with E-state index in [1.54, 1.807) is 6.07 Å². The summed E-state index contributed by atoms with van der Waals surface area (Å²) >= 11 is 5.92. The summed E-state index contributed by atoms with van der Waals surface area (Å²) in [6.45, 7) is 4.24. The minimum atomic E-state index is -1.08. The minimum absolute atomic E-state index is 0.0459. The van der Waals surface area contributed by atoms with Gasteiger partial charge in [-0.15, -0.1) is 0 Å². The molecule has 0 saturated heterocycles. The van der Waals surface area contributed by atoms with Gasteiger partial charge in [0.05, 0.1) is 5.69 Å². The highest BCUT2D eigenvalue weighted by Crippen LogP contribution is 2.24. The summed E-state index contributed by atoms with van der Waals surface area (Å²) in [7, 11) is 0. The van der Waals surface area contributed by atoms with E-state index in [1.807, 2.05) is 24.3 Å². The molecule has 0 aliphatic carbocycles. The Labute approximate surface area is 116 Å². The first-order chi connectivity index (χ1) is 8.97. The van der Waals surface area contributed by atoms with Crippen molar-refractivity contribution < 1.29 is 9.90 Å². The van der Waals surface area contributed by atoms with Crippen molar-refractivity contribution in [2.75, 3.05) is 0 Å². The van der Waals surface area contributed by atoms with Crippen molar-refractivity contribution in [2.24, 2.45) is 0 Å². The summed E-state index contributed by atoms with van der Waals surface area (Å²) in [5.74, 6) is -0.626. The van der Waals surface area contributed by atoms with Crippen LogP contribution in [0.2, 0.25) is 5.02 Å². The van der Waals surface area contributed by atoms with Crippen molar-refractivity contribution in [1.82, 2.24) is 4.98 Å². The first-order valence-electron chi connectivity index (χ1n) is 5.98. The quantitative estimate of drug-likeness (QED) is 0.912. The van der Waals surface area contributed by atoms with Gasteiger partial charge in [-0.05, 0) is 23.6 Å². The van der Waals surface area contributed by atoms with Crippen molar-refractivity contribution in [3.8, 4) is 11.3 Å². The van der Waals surface area contributed by atoms with Gasteiger partial charge < -0.3 is 5.11 Å². The number of carboxylic acid groups (broad SMARTS) is 1. The van der Waals surface area contributed by atoms with E-state index in [-0.39, 0.29) is 5.69 Å². The molecule has 0 atom stereocenters. The number of aromatic carboxylic acids is 1. The summed E-state index contributed by atoms with van der Waals surface area (Å²) < 4.78 is 0. The van der Waals surface area contributed by atoms with Crippen molar-refractivity contribution >= 4 is 17.6 Å². The Morgan fingerprint density at radius 2 is 1.84 bits per heavy atom. The van der Waals surface area contributed by atoms with Gasteiger partial charge in [-0.1, -0.05) is 49.7 Å². The van der Waals surface area contributed by atoms with Crippen LogP contribution in [-0.2, 0) is 0 Å². The first kappa shape index (κ1) is 13.6. The molecule has 4 heteroatoms. The Morgan fingerprint density at radius 3 is 2.37 bits per heavy atom. The molecule has 2 rings (SSSR count). The van der Waals surface area contributed by atoms with Gasteiger partial charge in [-0.3, -0.25) is 0 Å². The predicted octanol–water partition coefficient (Wildman–Crippen LogP) is 4.22. The first-order valence-corrected chi connectivity index (χ1v) is 6.36. The van der Waals surface area contributed by atoms with E-state index in [2.05, 4.69) is 18.8 Å². The van der Waals surface area contributed by atoms with E-state index in [0.717, 1.165) is 5.56 Å². The molecule has 0 fully saturated rings. The molecule has 0 amide bonds. The smallest absolute Gasteiger partial charge is 0.354 e. The lowest BCUT2D eigenvalue weighted by atomic mass is 10.0. The van der Waals surface area contributed by atoms with Crippen molar-refractivity contribution in [3.63, 3.8) is 0 Å². The fourth-order valence-electron chi connectivity index (χ4n) is 1.79. The maximum absolute atomic E-state index is 11.0. The summed E-state index contributed by atoms with van der Waals surface area (Å²) in [5, 5.41) is 9.35. The van der Waals surface area contributed by atoms with Crippen LogP contribution in [-0.4, -0.2) is 16.1 Å². The van der Waals surface area contributed by atoms with Gasteiger partial charge in [-0.2, -0.15) is 0 Å². The van der Waals surface area contributed by atoms with E-state index < -0.39 is 5.97 Å². The van der Waals surface area contributed by atoms with Crippen LogP contribution < -0.4 is 0 Å². The van der Waals surface area contributed by atoms with Crippen LogP contribution in [0.3, 0.4) is 0 Å². The Kier molecular flexibility index (Phi) is 3.86. The summed E-state index contributed by atoms with van der Waals surface area (Å²) in [6.07, 6.45) is 0. The highest BCUT2D eigenvalue weighted by Gasteiger charge is 2.09. The Hall–Kier alpha value is -1.87. The molecule has 1 aromatic heterocycles. The molecule has 0 radical (unpaired) electrons. The molecule has 0 aliphatic heterocycles.